The fourth-order valence-corrected chi connectivity index (χ4v) is 2.94. The average molecular weight is 325 g/mol. The van der Waals surface area contributed by atoms with Gasteiger partial charge in [-0.3, -0.25) is 4.79 Å². The quantitative estimate of drug-likeness (QED) is 0.786. The third-order valence-electron chi connectivity index (χ3n) is 2.68. The molecule has 0 atom stereocenters. The molecule has 0 N–H and O–H groups in total. The van der Waals surface area contributed by atoms with Crippen molar-refractivity contribution >= 4 is 33.0 Å². The summed E-state index contributed by atoms with van der Waals surface area (Å²) < 4.78 is 6.26. The Balaban J connectivity index is 2.23. The van der Waals surface area contributed by atoms with Crippen LogP contribution in [0.4, 0.5) is 0 Å². The molecule has 0 bridgehead atoms. The summed E-state index contributed by atoms with van der Waals surface area (Å²) in [6.07, 6.45) is 0.369. The Morgan fingerprint density at radius 3 is 2.78 bits per heavy atom. The third-order valence-corrected chi connectivity index (χ3v) is 4.18. The van der Waals surface area contributed by atoms with Gasteiger partial charge in [-0.25, -0.2) is 0 Å². The smallest absolute Gasteiger partial charge is 0.168 e. The number of ketones is 1. The number of carbonyl (C=O) groups excluding carboxylic acids is 1. The van der Waals surface area contributed by atoms with Crippen molar-refractivity contribution in [1.29, 1.82) is 0 Å². The van der Waals surface area contributed by atoms with Crippen LogP contribution in [-0.4, -0.2) is 12.9 Å². The van der Waals surface area contributed by atoms with Gasteiger partial charge in [0, 0.05) is 22.9 Å². The van der Waals surface area contributed by atoms with E-state index in [9.17, 15) is 4.79 Å². The van der Waals surface area contributed by atoms with Gasteiger partial charge in [0.15, 0.2) is 5.78 Å². The number of aryl methyl sites for hydroxylation is 1. The molecule has 94 valence electrons. The Morgan fingerprint density at radius 2 is 2.17 bits per heavy atom. The van der Waals surface area contributed by atoms with E-state index >= 15 is 0 Å². The van der Waals surface area contributed by atoms with Gasteiger partial charge in [-0.15, -0.1) is 11.3 Å². The predicted octanol–water partition coefficient (Wildman–Crippen LogP) is 4.25. The summed E-state index contributed by atoms with van der Waals surface area (Å²) in [5, 5.41) is 1.87. The first-order valence-corrected chi connectivity index (χ1v) is 7.18. The van der Waals surface area contributed by atoms with Crippen LogP contribution in [-0.2, 0) is 6.42 Å². The van der Waals surface area contributed by atoms with Crippen molar-refractivity contribution in [1.82, 2.24) is 0 Å². The Hall–Kier alpha value is -1.13. The normalized spacial score (nSPS) is 10.4. The molecule has 0 fully saturated rings. The summed E-state index contributed by atoms with van der Waals surface area (Å²) in [5.41, 5.74) is 2.81. The highest BCUT2D eigenvalue weighted by Crippen LogP contribution is 2.25. The molecule has 2 nitrogen and oxygen atoms in total. The summed E-state index contributed by atoms with van der Waals surface area (Å²) >= 11 is 4.89. The summed E-state index contributed by atoms with van der Waals surface area (Å²) in [5.74, 6) is 0.879. The number of halogens is 1. The molecule has 2 rings (SSSR count). The van der Waals surface area contributed by atoms with E-state index in [1.54, 1.807) is 7.11 Å². The molecule has 0 aliphatic heterocycles. The largest absolute Gasteiger partial charge is 0.496 e. The summed E-state index contributed by atoms with van der Waals surface area (Å²) in [6, 6.07) is 7.74. The van der Waals surface area contributed by atoms with Gasteiger partial charge in [-0.1, -0.05) is 17.7 Å². The molecule has 1 aromatic carbocycles. The zero-order valence-electron chi connectivity index (χ0n) is 10.2. The number of hydrogen-bond donors (Lipinski definition) is 0. The molecular formula is C14H13BrO2S. The van der Waals surface area contributed by atoms with Gasteiger partial charge in [0.1, 0.15) is 5.75 Å². The maximum atomic E-state index is 12.1. The van der Waals surface area contributed by atoms with Crippen LogP contribution < -0.4 is 4.74 Å². The van der Waals surface area contributed by atoms with Gasteiger partial charge < -0.3 is 4.74 Å². The monoisotopic (exact) mass is 324 g/mol. The first kappa shape index (κ1) is 13.3. The van der Waals surface area contributed by atoms with Crippen LogP contribution in [0.25, 0.3) is 0 Å². The van der Waals surface area contributed by atoms with Crippen LogP contribution >= 0.6 is 27.3 Å². The second-order valence-electron chi connectivity index (χ2n) is 4.05. The van der Waals surface area contributed by atoms with Crippen molar-refractivity contribution in [3.8, 4) is 5.75 Å². The van der Waals surface area contributed by atoms with Gasteiger partial charge in [0.05, 0.1) is 10.9 Å². The number of methoxy groups -OCH3 is 1. The van der Waals surface area contributed by atoms with Crippen molar-refractivity contribution in [2.45, 2.75) is 13.3 Å². The van der Waals surface area contributed by atoms with Gasteiger partial charge in [-0.05, 0) is 35.0 Å². The minimum Gasteiger partial charge on any atom is -0.496 e. The standard InChI is InChI=1S/C14H13BrO2S/c1-9-3-4-13(17-2)10(5-9)6-12(16)11-7-14(15)18-8-11/h3-5,7-8H,6H2,1-2H3. The van der Waals surface area contributed by atoms with Crippen molar-refractivity contribution in [3.63, 3.8) is 0 Å². The lowest BCUT2D eigenvalue weighted by molar-refractivity contribution is 0.0992. The molecule has 0 spiro atoms. The molecule has 18 heavy (non-hydrogen) atoms. The Morgan fingerprint density at radius 1 is 1.39 bits per heavy atom. The van der Waals surface area contributed by atoms with Crippen LogP contribution in [0, 0.1) is 6.92 Å². The van der Waals surface area contributed by atoms with Crippen molar-refractivity contribution in [2.75, 3.05) is 7.11 Å². The van der Waals surface area contributed by atoms with E-state index in [0.29, 0.717) is 6.42 Å². The number of Topliss-reactive ketones (excluding diaryl/α,β-unsaturated/α-hetero) is 1. The van der Waals surface area contributed by atoms with Crippen LogP contribution in [0.15, 0.2) is 33.4 Å². The minimum absolute atomic E-state index is 0.112. The Labute approximate surface area is 119 Å². The number of hydrogen-bond acceptors (Lipinski definition) is 3. The first-order valence-electron chi connectivity index (χ1n) is 5.51. The molecule has 2 aromatic rings. The maximum absolute atomic E-state index is 12.1. The van der Waals surface area contributed by atoms with Gasteiger partial charge >= 0.3 is 0 Å². The fraction of sp³-hybridized carbons (Fsp3) is 0.214. The molecule has 0 amide bonds. The summed E-state index contributed by atoms with van der Waals surface area (Å²) in [4.78, 5) is 12.1. The highest BCUT2D eigenvalue weighted by molar-refractivity contribution is 9.11. The number of carbonyl (C=O) groups is 1. The van der Waals surface area contributed by atoms with E-state index in [0.717, 1.165) is 26.2 Å². The highest BCUT2D eigenvalue weighted by atomic mass is 79.9. The average Bonchev–Trinajstić information content (AvgIpc) is 2.76. The lowest BCUT2D eigenvalue weighted by atomic mass is 10.0. The Kier molecular flexibility index (Phi) is 4.19. The highest BCUT2D eigenvalue weighted by Gasteiger charge is 2.12. The molecular weight excluding hydrogens is 312 g/mol. The summed E-state index contributed by atoms with van der Waals surface area (Å²) in [6.45, 7) is 2.01. The molecule has 4 heteroatoms. The van der Waals surface area contributed by atoms with Crippen LogP contribution in [0.1, 0.15) is 21.5 Å². The van der Waals surface area contributed by atoms with Gasteiger partial charge in [0.2, 0.25) is 0 Å². The maximum Gasteiger partial charge on any atom is 0.168 e. The number of benzene rings is 1. The number of thiophene rings is 1. The van der Waals surface area contributed by atoms with Crippen molar-refractivity contribution < 1.29 is 9.53 Å². The molecule has 0 saturated carbocycles. The van der Waals surface area contributed by atoms with Crippen LogP contribution in [0.3, 0.4) is 0 Å². The van der Waals surface area contributed by atoms with Crippen LogP contribution in [0.2, 0.25) is 0 Å². The topological polar surface area (TPSA) is 26.3 Å². The zero-order valence-corrected chi connectivity index (χ0v) is 12.6. The van der Waals surface area contributed by atoms with E-state index in [1.165, 1.54) is 11.3 Å². The van der Waals surface area contributed by atoms with E-state index in [-0.39, 0.29) is 5.78 Å². The fourth-order valence-electron chi connectivity index (χ4n) is 1.78. The van der Waals surface area contributed by atoms with E-state index < -0.39 is 0 Å². The first-order chi connectivity index (χ1) is 8.60. The van der Waals surface area contributed by atoms with Crippen molar-refractivity contribution in [3.05, 3.63) is 50.1 Å². The van der Waals surface area contributed by atoms with E-state index in [2.05, 4.69) is 15.9 Å². The third kappa shape index (κ3) is 3.00. The van der Waals surface area contributed by atoms with Crippen molar-refractivity contribution in [2.24, 2.45) is 0 Å². The van der Waals surface area contributed by atoms with E-state index in [4.69, 9.17) is 4.74 Å². The summed E-state index contributed by atoms with van der Waals surface area (Å²) in [7, 11) is 1.62. The van der Waals surface area contributed by atoms with Crippen LogP contribution in [0.5, 0.6) is 5.75 Å². The molecule has 0 aliphatic carbocycles. The van der Waals surface area contributed by atoms with Gasteiger partial charge in [-0.2, -0.15) is 0 Å². The SMILES string of the molecule is COc1ccc(C)cc1CC(=O)c1csc(Br)c1. The zero-order chi connectivity index (χ0) is 13.1. The second-order valence-corrected chi connectivity index (χ2v) is 6.35. The Bertz CT molecular complexity index is 575. The molecule has 1 heterocycles. The van der Waals surface area contributed by atoms with E-state index in [1.807, 2.05) is 36.6 Å². The number of ether oxygens (including phenoxy) is 1. The molecule has 0 saturated heterocycles. The lowest BCUT2D eigenvalue weighted by Crippen LogP contribution is -2.04. The molecule has 0 unspecified atom stereocenters. The minimum atomic E-state index is 0.112. The molecule has 0 radical (unpaired) electrons. The predicted molar refractivity (Wildman–Crippen MR) is 77.8 cm³/mol. The number of rotatable bonds is 4. The molecule has 1 aromatic heterocycles. The van der Waals surface area contributed by atoms with Gasteiger partial charge in [0.25, 0.3) is 0 Å². The molecule has 0 aliphatic rings. The lowest BCUT2D eigenvalue weighted by Gasteiger charge is -2.08. The second kappa shape index (κ2) is 5.67.